The number of aryl methyl sites for hydroxylation is 1. The highest BCUT2D eigenvalue weighted by molar-refractivity contribution is 6.38. The molecule has 7 nitrogen and oxygen atoms in total. The van der Waals surface area contributed by atoms with Gasteiger partial charge in [-0.25, -0.2) is 0 Å². The topological polar surface area (TPSA) is 75.2 Å². The van der Waals surface area contributed by atoms with Crippen LogP contribution in [0.2, 0.25) is 5.02 Å². The summed E-state index contributed by atoms with van der Waals surface area (Å²) < 4.78 is 7.24. The summed E-state index contributed by atoms with van der Waals surface area (Å²) in [6.45, 7) is 3.52. The molecule has 1 aromatic carbocycles. The van der Waals surface area contributed by atoms with E-state index in [0.717, 1.165) is 29.6 Å². The largest absolute Gasteiger partial charge is 0.379 e. The minimum atomic E-state index is -0.176. The van der Waals surface area contributed by atoms with Gasteiger partial charge >= 0.3 is 0 Å². The summed E-state index contributed by atoms with van der Waals surface area (Å²) in [6.07, 6.45) is 5.66. The molecule has 1 amide bonds. The van der Waals surface area contributed by atoms with Crippen molar-refractivity contribution in [3.8, 4) is 0 Å². The Labute approximate surface area is 162 Å². The number of carbonyl (C=O) groups is 1. The normalized spacial score (nSPS) is 16.5. The molecule has 1 atom stereocenters. The van der Waals surface area contributed by atoms with Crippen LogP contribution in [0.5, 0.6) is 0 Å². The molecule has 1 saturated heterocycles. The Morgan fingerprint density at radius 3 is 2.93 bits per heavy atom. The van der Waals surface area contributed by atoms with Gasteiger partial charge in [0, 0.05) is 55.5 Å². The fourth-order valence-electron chi connectivity index (χ4n) is 3.52. The molecule has 1 aliphatic heterocycles. The van der Waals surface area contributed by atoms with Gasteiger partial charge in [0.25, 0.3) is 5.91 Å². The van der Waals surface area contributed by atoms with Gasteiger partial charge in [-0.3, -0.25) is 14.4 Å². The molecule has 2 N–H and O–H groups in total. The van der Waals surface area contributed by atoms with Gasteiger partial charge in [-0.05, 0) is 18.2 Å². The Morgan fingerprint density at radius 1 is 1.37 bits per heavy atom. The Kier molecular flexibility index (Phi) is 5.15. The standard InChI is InChI=1S/C19H22ClN5O2/c1-24-12-13(10-23-24)17(25-6-8-27-9-7-25)11-22-19(26)15-2-3-16-14(18(15)20)4-5-21-16/h2-5,10,12,17,21H,6-9,11H2,1H3,(H,22,26). The number of hydrogen-bond donors (Lipinski definition) is 2. The van der Waals surface area contributed by atoms with E-state index >= 15 is 0 Å². The summed E-state index contributed by atoms with van der Waals surface area (Å²) in [5.74, 6) is -0.176. The van der Waals surface area contributed by atoms with Crippen LogP contribution in [0.3, 0.4) is 0 Å². The molecule has 0 spiro atoms. The maximum absolute atomic E-state index is 12.8. The molecule has 3 heterocycles. The van der Waals surface area contributed by atoms with E-state index in [4.69, 9.17) is 16.3 Å². The molecule has 1 aliphatic rings. The molecular formula is C19H22ClN5O2. The third-order valence-electron chi connectivity index (χ3n) is 4.97. The second-order valence-electron chi connectivity index (χ2n) is 6.69. The Morgan fingerprint density at radius 2 is 2.19 bits per heavy atom. The number of carbonyl (C=O) groups excluding carboxylic acids is 1. The van der Waals surface area contributed by atoms with Gasteiger partial charge in [-0.15, -0.1) is 0 Å². The number of amides is 1. The molecule has 27 heavy (non-hydrogen) atoms. The van der Waals surface area contributed by atoms with Gasteiger partial charge < -0.3 is 15.0 Å². The number of H-pyrrole nitrogens is 1. The van der Waals surface area contributed by atoms with Gasteiger partial charge in [0.2, 0.25) is 0 Å². The van der Waals surface area contributed by atoms with Crippen molar-refractivity contribution >= 4 is 28.4 Å². The average molecular weight is 388 g/mol. The number of benzene rings is 1. The molecular weight excluding hydrogens is 366 g/mol. The van der Waals surface area contributed by atoms with Crippen LogP contribution in [-0.2, 0) is 11.8 Å². The fraction of sp³-hybridized carbons (Fsp3) is 0.368. The molecule has 4 rings (SSSR count). The van der Waals surface area contributed by atoms with Crippen LogP contribution in [0.1, 0.15) is 22.0 Å². The fourth-order valence-corrected chi connectivity index (χ4v) is 3.83. The monoisotopic (exact) mass is 387 g/mol. The van der Waals surface area contributed by atoms with Gasteiger partial charge in [-0.2, -0.15) is 5.10 Å². The number of hydrogen-bond acceptors (Lipinski definition) is 4. The summed E-state index contributed by atoms with van der Waals surface area (Å²) in [4.78, 5) is 18.2. The lowest BCUT2D eigenvalue weighted by molar-refractivity contribution is 0.0162. The zero-order chi connectivity index (χ0) is 18.8. The minimum absolute atomic E-state index is 0.0429. The Bertz CT molecular complexity index is 945. The lowest BCUT2D eigenvalue weighted by Crippen LogP contribution is -2.43. The number of halogens is 1. The second kappa shape index (κ2) is 7.72. The number of ether oxygens (including phenoxy) is 1. The van der Waals surface area contributed by atoms with E-state index in [2.05, 4.69) is 20.3 Å². The highest BCUT2D eigenvalue weighted by atomic mass is 35.5. The molecule has 3 aromatic rings. The summed E-state index contributed by atoms with van der Waals surface area (Å²) in [5, 5.41) is 8.65. The summed E-state index contributed by atoms with van der Waals surface area (Å²) >= 11 is 6.44. The Hall–Kier alpha value is -2.35. The first-order valence-corrected chi connectivity index (χ1v) is 9.35. The average Bonchev–Trinajstić information content (AvgIpc) is 3.32. The molecule has 8 heteroatoms. The van der Waals surface area contributed by atoms with E-state index in [0.29, 0.717) is 30.3 Å². The molecule has 1 fully saturated rings. The van der Waals surface area contributed by atoms with E-state index in [-0.39, 0.29) is 11.9 Å². The van der Waals surface area contributed by atoms with E-state index in [1.807, 2.05) is 37.8 Å². The zero-order valence-corrected chi connectivity index (χ0v) is 15.9. The molecule has 2 aromatic heterocycles. The number of rotatable bonds is 5. The second-order valence-corrected chi connectivity index (χ2v) is 7.07. The van der Waals surface area contributed by atoms with Crippen molar-refractivity contribution in [2.45, 2.75) is 6.04 Å². The van der Waals surface area contributed by atoms with Crippen molar-refractivity contribution < 1.29 is 9.53 Å². The van der Waals surface area contributed by atoms with Crippen molar-refractivity contribution in [3.63, 3.8) is 0 Å². The van der Waals surface area contributed by atoms with Crippen LogP contribution in [-0.4, -0.2) is 58.4 Å². The maximum Gasteiger partial charge on any atom is 0.252 e. The van der Waals surface area contributed by atoms with E-state index < -0.39 is 0 Å². The third-order valence-corrected chi connectivity index (χ3v) is 5.37. The third kappa shape index (κ3) is 3.71. The van der Waals surface area contributed by atoms with Crippen molar-refractivity contribution in [2.75, 3.05) is 32.8 Å². The molecule has 1 unspecified atom stereocenters. The highest BCUT2D eigenvalue weighted by Gasteiger charge is 2.25. The van der Waals surface area contributed by atoms with Crippen LogP contribution in [0.4, 0.5) is 0 Å². The minimum Gasteiger partial charge on any atom is -0.379 e. The first-order valence-electron chi connectivity index (χ1n) is 8.97. The number of nitrogens with zero attached hydrogens (tertiary/aromatic N) is 3. The SMILES string of the molecule is Cn1cc(C(CNC(=O)c2ccc3[nH]ccc3c2Cl)N2CCOCC2)cn1. The summed E-state index contributed by atoms with van der Waals surface area (Å²) in [7, 11) is 1.89. The number of morpholine rings is 1. The van der Waals surface area contributed by atoms with Gasteiger partial charge in [0.05, 0.1) is 36.0 Å². The van der Waals surface area contributed by atoms with Crippen molar-refractivity contribution in [2.24, 2.45) is 7.05 Å². The van der Waals surface area contributed by atoms with Gasteiger partial charge in [0.15, 0.2) is 0 Å². The van der Waals surface area contributed by atoms with Crippen LogP contribution in [0.15, 0.2) is 36.8 Å². The lowest BCUT2D eigenvalue weighted by atomic mass is 10.1. The maximum atomic E-state index is 12.8. The first kappa shape index (κ1) is 18.0. The number of aromatic amines is 1. The van der Waals surface area contributed by atoms with Crippen LogP contribution >= 0.6 is 11.6 Å². The number of fused-ring (bicyclic) bond motifs is 1. The van der Waals surface area contributed by atoms with Crippen LogP contribution < -0.4 is 5.32 Å². The lowest BCUT2D eigenvalue weighted by Gasteiger charge is -2.34. The van der Waals surface area contributed by atoms with Crippen molar-refractivity contribution in [1.29, 1.82) is 0 Å². The Balaban J connectivity index is 1.52. The van der Waals surface area contributed by atoms with E-state index in [9.17, 15) is 4.79 Å². The van der Waals surface area contributed by atoms with E-state index in [1.54, 1.807) is 10.7 Å². The number of aromatic nitrogens is 3. The molecule has 142 valence electrons. The predicted octanol–water partition coefficient (Wildman–Crippen LogP) is 2.36. The summed E-state index contributed by atoms with van der Waals surface area (Å²) in [6, 6.07) is 5.54. The van der Waals surface area contributed by atoms with Crippen molar-refractivity contribution in [1.82, 2.24) is 25.0 Å². The van der Waals surface area contributed by atoms with Crippen LogP contribution in [0, 0.1) is 0 Å². The quantitative estimate of drug-likeness (QED) is 0.704. The first-order chi connectivity index (χ1) is 13.1. The molecule has 0 aliphatic carbocycles. The zero-order valence-electron chi connectivity index (χ0n) is 15.1. The van der Waals surface area contributed by atoms with Gasteiger partial charge in [0.1, 0.15) is 0 Å². The highest BCUT2D eigenvalue weighted by Crippen LogP contribution is 2.27. The molecule has 0 bridgehead atoms. The smallest absolute Gasteiger partial charge is 0.252 e. The van der Waals surface area contributed by atoms with Gasteiger partial charge in [-0.1, -0.05) is 11.6 Å². The molecule has 0 saturated carbocycles. The van der Waals surface area contributed by atoms with Crippen molar-refractivity contribution in [3.05, 3.63) is 52.9 Å². The van der Waals surface area contributed by atoms with E-state index in [1.165, 1.54) is 0 Å². The summed E-state index contributed by atoms with van der Waals surface area (Å²) in [5.41, 5.74) is 2.47. The number of nitrogens with one attached hydrogen (secondary N) is 2. The predicted molar refractivity (Wildman–Crippen MR) is 104 cm³/mol. The van der Waals surface area contributed by atoms with Crippen LogP contribution in [0.25, 0.3) is 10.9 Å². The molecule has 0 radical (unpaired) electrons.